The molecule has 0 aliphatic carbocycles. The van der Waals surface area contributed by atoms with E-state index >= 15 is 0 Å². The number of ether oxygens (including phenoxy) is 1. The lowest BCUT2D eigenvalue weighted by molar-refractivity contribution is -0.143. The average molecular weight is 515 g/mol. The number of alkyl halides is 3. The van der Waals surface area contributed by atoms with Gasteiger partial charge in [-0.05, 0) is 18.6 Å². The minimum Gasteiger partial charge on any atom is -0.444 e. The van der Waals surface area contributed by atoms with Crippen molar-refractivity contribution >= 4 is 28.9 Å². The van der Waals surface area contributed by atoms with Gasteiger partial charge in [-0.2, -0.15) is 23.5 Å². The predicted molar refractivity (Wildman–Crippen MR) is 113 cm³/mol. The number of nitrogens with zero attached hydrogens (tertiary/aromatic N) is 4. The maximum absolute atomic E-state index is 14.1. The lowest BCUT2D eigenvalue weighted by Gasteiger charge is -2.12. The number of oxazole rings is 1. The number of benzene rings is 1. The Balaban J connectivity index is 2.26. The zero-order chi connectivity index (χ0) is 25.9. The number of aryl methyl sites for hydroxylation is 1. The van der Waals surface area contributed by atoms with Gasteiger partial charge in [-0.1, -0.05) is 31.0 Å². The highest BCUT2D eigenvalue weighted by molar-refractivity contribution is 6.31. The maximum atomic E-state index is 14.1. The summed E-state index contributed by atoms with van der Waals surface area (Å²) < 4.78 is 80.4. The standard InChI is InChI=1S/C22H16ClF5N4O3/c1-3-4-8-15(33)35-18(17-19(22(26,27)28)31-32(2)20(17)23)11(9-29)14-10-34-21(30-14)16-12(24)6-5-7-13(16)25/h5-7,10H,3-4,8H2,1-2H3/b18-11-. The molecule has 0 fully saturated rings. The number of hydrogen-bond donors (Lipinski definition) is 0. The molecule has 13 heteroatoms. The van der Waals surface area contributed by atoms with Gasteiger partial charge in [0.25, 0.3) is 0 Å². The molecule has 2 aromatic heterocycles. The predicted octanol–water partition coefficient (Wildman–Crippen LogP) is 6.15. The third kappa shape index (κ3) is 5.35. The van der Waals surface area contributed by atoms with E-state index < -0.39 is 68.7 Å². The first-order valence-electron chi connectivity index (χ1n) is 10.0. The van der Waals surface area contributed by atoms with Gasteiger partial charge in [0.1, 0.15) is 46.0 Å². The van der Waals surface area contributed by atoms with E-state index in [1.54, 1.807) is 13.0 Å². The van der Waals surface area contributed by atoms with Gasteiger partial charge < -0.3 is 9.15 Å². The fourth-order valence-electron chi connectivity index (χ4n) is 3.05. The van der Waals surface area contributed by atoms with E-state index in [-0.39, 0.29) is 6.42 Å². The van der Waals surface area contributed by atoms with Crippen LogP contribution in [0.3, 0.4) is 0 Å². The summed E-state index contributed by atoms with van der Waals surface area (Å²) in [7, 11) is 1.12. The number of aromatic nitrogens is 3. The molecular weight excluding hydrogens is 499 g/mol. The molecule has 0 unspecified atom stereocenters. The van der Waals surface area contributed by atoms with Crippen LogP contribution in [0.25, 0.3) is 22.8 Å². The molecule has 0 aliphatic rings. The highest BCUT2D eigenvalue weighted by Gasteiger charge is 2.42. The SMILES string of the molecule is CCCCC(=O)O/C(=C(/C#N)c1coc(-c2c(F)cccc2F)n1)c1c(C(F)(F)F)nn(C)c1Cl. The van der Waals surface area contributed by atoms with E-state index in [4.69, 9.17) is 20.8 Å². The van der Waals surface area contributed by atoms with E-state index in [2.05, 4.69) is 10.1 Å². The molecule has 1 aromatic carbocycles. The first kappa shape index (κ1) is 25.9. The fraction of sp³-hybridized carbons (Fsp3) is 0.273. The summed E-state index contributed by atoms with van der Waals surface area (Å²) in [6.07, 6.45) is -3.46. The molecule has 0 saturated heterocycles. The molecular formula is C22H16ClF5N4O3. The van der Waals surface area contributed by atoms with Gasteiger partial charge in [-0.25, -0.2) is 13.8 Å². The smallest absolute Gasteiger partial charge is 0.435 e. The second kappa shape index (κ2) is 10.3. The Hall–Kier alpha value is -3.72. The summed E-state index contributed by atoms with van der Waals surface area (Å²) in [5, 5.41) is 12.6. The van der Waals surface area contributed by atoms with Gasteiger partial charge in [-0.15, -0.1) is 0 Å². The van der Waals surface area contributed by atoms with Crippen LogP contribution in [0, 0.1) is 23.0 Å². The molecule has 0 saturated carbocycles. The van der Waals surface area contributed by atoms with Crippen LogP contribution in [0.5, 0.6) is 0 Å². The largest absolute Gasteiger partial charge is 0.444 e. The zero-order valence-corrected chi connectivity index (χ0v) is 19.0. The van der Waals surface area contributed by atoms with Crippen LogP contribution in [0.1, 0.15) is 43.1 Å². The monoisotopic (exact) mass is 514 g/mol. The fourth-order valence-corrected chi connectivity index (χ4v) is 3.26. The third-order valence-electron chi connectivity index (χ3n) is 4.70. The van der Waals surface area contributed by atoms with Crippen molar-refractivity contribution in [3.05, 3.63) is 58.2 Å². The topological polar surface area (TPSA) is 93.9 Å². The average Bonchev–Trinajstić information content (AvgIpc) is 3.37. The van der Waals surface area contributed by atoms with Crippen LogP contribution in [-0.2, 0) is 22.8 Å². The summed E-state index contributed by atoms with van der Waals surface area (Å²) in [5.41, 5.74) is -4.18. The number of unbranched alkanes of at least 4 members (excludes halogenated alkanes) is 1. The Bertz CT molecular complexity index is 1320. The van der Waals surface area contributed by atoms with Crippen molar-refractivity contribution in [3.8, 4) is 17.5 Å². The molecule has 0 spiro atoms. The Morgan fingerprint density at radius 1 is 1.29 bits per heavy atom. The Morgan fingerprint density at radius 2 is 1.94 bits per heavy atom. The third-order valence-corrected chi connectivity index (χ3v) is 5.13. The molecule has 184 valence electrons. The van der Waals surface area contributed by atoms with Crippen LogP contribution in [0.15, 0.2) is 28.9 Å². The molecule has 0 aliphatic heterocycles. The summed E-state index contributed by atoms with van der Waals surface area (Å²) in [6.45, 7) is 1.78. The zero-order valence-electron chi connectivity index (χ0n) is 18.2. The lowest BCUT2D eigenvalue weighted by atomic mass is 10.1. The molecule has 0 N–H and O–H groups in total. The van der Waals surface area contributed by atoms with E-state index in [9.17, 15) is 32.0 Å². The number of nitriles is 1. The molecule has 0 amide bonds. The second-order valence-corrected chi connectivity index (χ2v) is 7.52. The minimum atomic E-state index is -5.03. The van der Waals surface area contributed by atoms with E-state index in [0.717, 1.165) is 31.5 Å². The maximum Gasteiger partial charge on any atom is 0.435 e. The summed E-state index contributed by atoms with van der Waals surface area (Å²) >= 11 is 6.06. The first-order chi connectivity index (χ1) is 16.5. The summed E-state index contributed by atoms with van der Waals surface area (Å²) in [5.74, 6) is -4.45. The van der Waals surface area contributed by atoms with Gasteiger partial charge in [-0.3, -0.25) is 9.48 Å². The van der Waals surface area contributed by atoms with Crippen molar-refractivity contribution in [2.45, 2.75) is 32.4 Å². The quantitative estimate of drug-likeness (QED) is 0.162. The van der Waals surface area contributed by atoms with Crippen molar-refractivity contribution in [2.24, 2.45) is 7.05 Å². The normalized spacial score (nSPS) is 12.3. The molecule has 3 aromatic rings. The lowest BCUT2D eigenvalue weighted by Crippen LogP contribution is -2.12. The number of halogens is 6. The molecule has 3 rings (SSSR count). The van der Waals surface area contributed by atoms with Gasteiger partial charge >= 0.3 is 12.1 Å². The van der Waals surface area contributed by atoms with Crippen LogP contribution in [0.2, 0.25) is 5.15 Å². The molecule has 0 radical (unpaired) electrons. The van der Waals surface area contributed by atoms with E-state index in [1.807, 2.05) is 0 Å². The Kier molecular flexibility index (Phi) is 7.60. The number of carbonyl (C=O) groups excluding carboxylic acids is 1. The van der Waals surface area contributed by atoms with Crippen LogP contribution in [0.4, 0.5) is 22.0 Å². The number of carbonyl (C=O) groups is 1. The van der Waals surface area contributed by atoms with Gasteiger partial charge in [0.2, 0.25) is 5.89 Å². The van der Waals surface area contributed by atoms with Crippen LogP contribution < -0.4 is 0 Å². The first-order valence-corrected chi connectivity index (χ1v) is 10.4. The van der Waals surface area contributed by atoms with Gasteiger partial charge in [0.05, 0.1) is 5.56 Å². The second-order valence-electron chi connectivity index (χ2n) is 7.16. The van der Waals surface area contributed by atoms with Crippen molar-refractivity contribution in [1.82, 2.24) is 14.8 Å². The number of rotatable bonds is 7. The minimum absolute atomic E-state index is 0.164. The van der Waals surface area contributed by atoms with E-state index in [0.29, 0.717) is 17.5 Å². The highest BCUT2D eigenvalue weighted by Crippen LogP contribution is 2.41. The molecule has 7 nitrogen and oxygen atoms in total. The van der Waals surface area contributed by atoms with Crippen molar-refractivity contribution in [2.75, 3.05) is 0 Å². The highest BCUT2D eigenvalue weighted by atomic mass is 35.5. The Labute approximate surface area is 200 Å². The Morgan fingerprint density at radius 3 is 2.51 bits per heavy atom. The van der Waals surface area contributed by atoms with Crippen LogP contribution in [-0.4, -0.2) is 20.7 Å². The molecule has 0 bridgehead atoms. The summed E-state index contributed by atoms with van der Waals surface area (Å²) in [4.78, 5) is 16.2. The van der Waals surface area contributed by atoms with Crippen molar-refractivity contribution in [3.63, 3.8) is 0 Å². The van der Waals surface area contributed by atoms with E-state index in [1.165, 1.54) is 0 Å². The van der Waals surface area contributed by atoms with Gasteiger partial charge in [0.15, 0.2) is 11.5 Å². The van der Waals surface area contributed by atoms with Gasteiger partial charge in [0, 0.05) is 13.5 Å². The molecule has 35 heavy (non-hydrogen) atoms. The van der Waals surface area contributed by atoms with Crippen LogP contribution >= 0.6 is 11.6 Å². The van der Waals surface area contributed by atoms with Crippen molar-refractivity contribution < 1.29 is 35.9 Å². The summed E-state index contributed by atoms with van der Waals surface area (Å²) in [6, 6.07) is 4.60. The number of esters is 1. The van der Waals surface area contributed by atoms with Crippen molar-refractivity contribution in [1.29, 1.82) is 5.26 Å². The number of allylic oxidation sites excluding steroid dienone is 1. The molecule has 0 atom stereocenters. The molecule has 2 heterocycles. The number of hydrogen-bond acceptors (Lipinski definition) is 6.